The highest BCUT2D eigenvalue weighted by atomic mass is 16.2. The van der Waals surface area contributed by atoms with Gasteiger partial charge in [0.05, 0.1) is 12.1 Å². The van der Waals surface area contributed by atoms with E-state index in [-0.39, 0.29) is 40.3 Å². The third-order valence-corrected chi connectivity index (χ3v) is 8.19. The predicted molar refractivity (Wildman–Crippen MR) is 96.8 cm³/mol. The van der Waals surface area contributed by atoms with Gasteiger partial charge in [0, 0.05) is 6.04 Å². The van der Waals surface area contributed by atoms with E-state index in [2.05, 4.69) is 45.1 Å². The van der Waals surface area contributed by atoms with Gasteiger partial charge >= 0.3 is 11.4 Å². The number of hydrogen-bond donors (Lipinski definition) is 0. The van der Waals surface area contributed by atoms with Crippen LogP contribution in [0.15, 0.2) is 33.9 Å². The number of nitrogens with zero attached hydrogens (tertiary/aromatic N) is 3. The third-order valence-electron chi connectivity index (χ3n) is 8.19. The summed E-state index contributed by atoms with van der Waals surface area (Å²) in [7, 11) is 0. The first-order valence-electron chi connectivity index (χ1n) is 9.67. The zero-order valence-electron chi connectivity index (χ0n) is 15.3. The summed E-state index contributed by atoms with van der Waals surface area (Å²) in [5.74, 6) is 0.607. The summed E-state index contributed by atoms with van der Waals surface area (Å²) in [4.78, 5) is 26.7. The fourth-order valence-electron chi connectivity index (χ4n) is 6.15. The number of hydrogen-bond acceptors (Lipinski definition) is 2. The Kier molecular flexibility index (Phi) is 2.90. The van der Waals surface area contributed by atoms with Crippen LogP contribution in [-0.4, -0.2) is 13.9 Å². The zero-order chi connectivity index (χ0) is 17.6. The highest BCUT2D eigenvalue weighted by Crippen LogP contribution is 2.69. The molecule has 0 amide bonds. The fraction of sp³-hybridized carbons (Fsp3) is 0.700. The van der Waals surface area contributed by atoms with E-state index >= 15 is 0 Å². The largest absolute Gasteiger partial charge is 0.348 e. The minimum atomic E-state index is -0.127. The molecular formula is C20H27N3O2. The summed E-state index contributed by atoms with van der Waals surface area (Å²) in [6.45, 7) is 6.95. The molecule has 0 saturated heterocycles. The van der Waals surface area contributed by atoms with E-state index in [1.807, 2.05) is 0 Å². The lowest BCUT2D eigenvalue weighted by molar-refractivity contribution is 0.103. The molecule has 0 aromatic carbocycles. The molecular weight excluding hydrogens is 314 g/mol. The lowest BCUT2D eigenvalue weighted by Crippen LogP contribution is -2.42. The Labute approximate surface area is 147 Å². The van der Waals surface area contributed by atoms with Crippen molar-refractivity contribution >= 4 is 0 Å². The second-order valence-corrected chi connectivity index (χ2v) is 9.20. The van der Waals surface area contributed by atoms with E-state index in [4.69, 9.17) is 0 Å². The molecule has 5 nitrogen and oxygen atoms in total. The van der Waals surface area contributed by atoms with Crippen molar-refractivity contribution in [3.63, 3.8) is 0 Å². The Morgan fingerprint density at radius 3 is 2.44 bits per heavy atom. The lowest BCUT2D eigenvalue weighted by atomic mass is 9.69. The van der Waals surface area contributed by atoms with E-state index in [1.165, 1.54) is 6.42 Å². The van der Waals surface area contributed by atoms with Crippen molar-refractivity contribution in [3.8, 4) is 0 Å². The molecule has 4 bridgehead atoms. The van der Waals surface area contributed by atoms with Crippen molar-refractivity contribution < 1.29 is 0 Å². The number of rotatable bonds is 1. The maximum atomic E-state index is 13.4. The Hall–Kier alpha value is -1.78. The van der Waals surface area contributed by atoms with Crippen LogP contribution in [0.3, 0.4) is 0 Å². The van der Waals surface area contributed by atoms with Gasteiger partial charge in [-0.15, -0.1) is 0 Å². The zero-order valence-corrected chi connectivity index (χ0v) is 15.3. The molecule has 3 aliphatic carbocycles. The first kappa shape index (κ1) is 15.5. The average Bonchev–Trinajstić information content (AvgIpc) is 2.99. The van der Waals surface area contributed by atoms with Crippen LogP contribution in [0.2, 0.25) is 0 Å². The summed E-state index contributed by atoms with van der Waals surface area (Å²) in [6, 6.07) is -0.0997. The van der Waals surface area contributed by atoms with Crippen molar-refractivity contribution in [2.24, 2.45) is 16.7 Å². The van der Waals surface area contributed by atoms with Crippen molar-refractivity contribution in [3.05, 3.63) is 45.3 Å². The number of fused-ring (bicyclic) bond motifs is 7. The molecule has 0 radical (unpaired) electrons. The molecule has 25 heavy (non-hydrogen) atoms. The second kappa shape index (κ2) is 4.68. The molecule has 1 aromatic heterocycles. The maximum absolute atomic E-state index is 13.4. The molecule has 5 heteroatoms. The van der Waals surface area contributed by atoms with Crippen molar-refractivity contribution in [2.45, 2.75) is 71.0 Å². The Bertz CT molecular complexity index is 912. The smallest absolute Gasteiger partial charge is 0.246 e. The molecule has 4 aliphatic rings. The van der Waals surface area contributed by atoms with Gasteiger partial charge < -0.3 is 0 Å². The molecule has 2 saturated carbocycles. The highest BCUT2D eigenvalue weighted by Gasteiger charge is 2.62. The minimum Gasteiger partial charge on any atom is -0.246 e. The first-order valence-corrected chi connectivity index (χ1v) is 9.67. The summed E-state index contributed by atoms with van der Waals surface area (Å²) < 4.78 is 5.05. The van der Waals surface area contributed by atoms with E-state index in [9.17, 15) is 9.59 Å². The number of aromatic nitrogens is 3. The molecule has 0 N–H and O–H groups in total. The van der Waals surface area contributed by atoms with E-state index in [1.54, 1.807) is 13.9 Å². The molecule has 2 heterocycles. The van der Waals surface area contributed by atoms with E-state index in [0.29, 0.717) is 5.92 Å². The molecule has 1 aromatic rings. The van der Waals surface area contributed by atoms with Crippen LogP contribution in [0, 0.1) is 16.7 Å². The SMILES string of the molecule is CC1(C)[C@@H]2CC[C@]1(C)[C@H](n1c(=O)n3n(c1=O)[C@H]1C=C[C@H]3C=CCC1)C2. The van der Waals surface area contributed by atoms with Crippen molar-refractivity contribution in [1.82, 2.24) is 13.9 Å². The monoisotopic (exact) mass is 341 g/mol. The topological polar surface area (TPSA) is 48.9 Å². The maximum Gasteiger partial charge on any atom is 0.348 e. The van der Waals surface area contributed by atoms with Gasteiger partial charge in [-0.1, -0.05) is 45.1 Å². The second-order valence-electron chi connectivity index (χ2n) is 9.20. The quantitative estimate of drug-likeness (QED) is 0.737. The summed E-state index contributed by atoms with van der Waals surface area (Å²) in [6.07, 6.45) is 13.5. The molecule has 2 fully saturated rings. The molecule has 1 aliphatic heterocycles. The van der Waals surface area contributed by atoms with Crippen LogP contribution >= 0.6 is 0 Å². The third kappa shape index (κ3) is 1.69. The molecule has 0 spiro atoms. The van der Waals surface area contributed by atoms with Crippen molar-refractivity contribution in [1.29, 1.82) is 0 Å². The molecule has 5 atom stereocenters. The van der Waals surface area contributed by atoms with Gasteiger partial charge in [0.25, 0.3) is 0 Å². The van der Waals surface area contributed by atoms with Gasteiger partial charge in [0.15, 0.2) is 0 Å². The average molecular weight is 341 g/mol. The Morgan fingerprint density at radius 1 is 1.00 bits per heavy atom. The standard InChI is InChI=1S/C20H27N3O2/c1-19(2)13-10-11-20(19,3)16(12-13)21-17(24)22-14-6-4-5-7-15(9-8-14)23(22)18(21)25/h4,6,8-9,13-16H,5,7,10-12H2,1-3H3/t13-,14-,15-,16-,20-/m1/s1. The normalized spacial score (nSPS) is 40.3. The van der Waals surface area contributed by atoms with E-state index in [0.717, 1.165) is 25.7 Å². The van der Waals surface area contributed by atoms with Crippen LogP contribution in [-0.2, 0) is 0 Å². The molecule has 134 valence electrons. The van der Waals surface area contributed by atoms with Gasteiger partial charge in [-0.2, -0.15) is 0 Å². The molecule has 5 rings (SSSR count). The predicted octanol–water partition coefficient (Wildman–Crippen LogP) is 3.20. The van der Waals surface area contributed by atoms with Gasteiger partial charge in [0.2, 0.25) is 0 Å². The van der Waals surface area contributed by atoms with Crippen LogP contribution in [0.4, 0.5) is 0 Å². The van der Waals surface area contributed by atoms with Crippen LogP contribution in [0.25, 0.3) is 0 Å². The van der Waals surface area contributed by atoms with Crippen LogP contribution < -0.4 is 11.4 Å². The summed E-state index contributed by atoms with van der Waals surface area (Å²) >= 11 is 0. The highest BCUT2D eigenvalue weighted by molar-refractivity contribution is 5.16. The van der Waals surface area contributed by atoms with Gasteiger partial charge in [0.1, 0.15) is 0 Å². The lowest BCUT2D eigenvalue weighted by Gasteiger charge is -2.38. The van der Waals surface area contributed by atoms with Gasteiger partial charge in [-0.3, -0.25) is 0 Å². The summed E-state index contributed by atoms with van der Waals surface area (Å²) in [5, 5.41) is 0. The first-order chi connectivity index (χ1) is 11.9. The number of allylic oxidation sites excluding steroid dienone is 4. The fourth-order valence-corrected chi connectivity index (χ4v) is 6.15. The Balaban J connectivity index is 1.72. The minimum absolute atomic E-state index is 0.00190. The summed E-state index contributed by atoms with van der Waals surface area (Å²) in [5.41, 5.74) is -0.0194. The Morgan fingerprint density at radius 2 is 1.76 bits per heavy atom. The van der Waals surface area contributed by atoms with Crippen molar-refractivity contribution in [2.75, 3.05) is 0 Å². The van der Waals surface area contributed by atoms with E-state index < -0.39 is 0 Å². The van der Waals surface area contributed by atoms with Crippen LogP contribution in [0.1, 0.15) is 71.0 Å². The molecule has 0 unspecified atom stereocenters. The van der Waals surface area contributed by atoms with Gasteiger partial charge in [-0.25, -0.2) is 23.5 Å². The van der Waals surface area contributed by atoms with Gasteiger partial charge in [-0.05, 0) is 48.9 Å². The van der Waals surface area contributed by atoms with Crippen LogP contribution in [0.5, 0.6) is 0 Å².